The Bertz CT molecular complexity index is 1370. The summed E-state index contributed by atoms with van der Waals surface area (Å²) >= 11 is 0. The summed E-state index contributed by atoms with van der Waals surface area (Å²) in [5.41, 5.74) is 4.67. The van der Waals surface area contributed by atoms with Crippen LogP contribution in [0.5, 0.6) is 0 Å². The molecular formula is C24H26FN7O. The van der Waals surface area contributed by atoms with Crippen LogP contribution in [0.1, 0.15) is 35.6 Å². The van der Waals surface area contributed by atoms with Crippen LogP contribution >= 0.6 is 0 Å². The third kappa shape index (κ3) is 3.78. The maximum Gasteiger partial charge on any atom is 0.257 e. The fraction of sp³-hybridized carbons (Fsp3) is 0.333. The van der Waals surface area contributed by atoms with Crippen LogP contribution in [0, 0.1) is 19.7 Å². The van der Waals surface area contributed by atoms with Crippen LogP contribution < -0.4 is 15.5 Å². The molecule has 5 rings (SSSR count). The van der Waals surface area contributed by atoms with E-state index in [1.165, 1.54) is 6.07 Å². The number of carbonyl (C=O) groups excluding carboxylic acids is 1. The SMILES string of the molecule is Cc1nc2c(F)cc(NC(=O)c3ccc(N4C[C@@H](C)N[C@H](C)C4)c4nccnc34)cn2c1C. The largest absolute Gasteiger partial charge is 0.367 e. The number of hydrogen-bond donors (Lipinski definition) is 2. The van der Waals surface area contributed by atoms with Crippen LogP contribution in [-0.4, -0.2) is 50.4 Å². The monoisotopic (exact) mass is 447 g/mol. The van der Waals surface area contributed by atoms with Crippen molar-refractivity contribution in [1.82, 2.24) is 24.7 Å². The fourth-order valence-corrected chi connectivity index (χ4v) is 4.60. The number of aryl methyl sites for hydroxylation is 2. The second-order valence-electron chi connectivity index (χ2n) is 8.77. The van der Waals surface area contributed by atoms with Gasteiger partial charge in [-0.05, 0) is 39.8 Å². The zero-order valence-electron chi connectivity index (χ0n) is 19.1. The smallest absolute Gasteiger partial charge is 0.257 e. The van der Waals surface area contributed by atoms with Crippen molar-refractivity contribution < 1.29 is 9.18 Å². The van der Waals surface area contributed by atoms with Gasteiger partial charge in [-0.25, -0.2) is 9.37 Å². The maximum absolute atomic E-state index is 14.6. The van der Waals surface area contributed by atoms with Gasteiger partial charge in [-0.15, -0.1) is 0 Å². The van der Waals surface area contributed by atoms with E-state index in [1.807, 2.05) is 19.9 Å². The lowest BCUT2D eigenvalue weighted by atomic mass is 10.1. The van der Waals surface area contributed by atoms with Gasteiger partial charge in [-0.3, -0.25) is 19.2 Å². The molecule has 4 aromatic rings. The summed E-state index contributed by atoms with van der Waals surface area (Å²) in [5.74, 6) is -0.867. The van der Waals surface area contributed by atoms with Gasteiger partial charge in [-0.1, -0.05) is 0 Å². The summed E-state index contributed by atoms with van der Waals surface area (Å²) in [6, 6.07) is 5.64. The molecule has 0 unspecified atom stereocenters. The molecule has 0 bridgehead atoms. The highest BCUT2D eigenvalue weighted by atomic mass is 19.1. The summed E-state index contributed by atoms with van der Waals surface area (Å²) in [4.78, 5) is 28.7. The molecule has 170 valence electrons. The van der Waals surface area contributed by atoms with Gasteiger partial charge in [0, 0.05) is 55.5 Å². The standard InChI is InChI=1S/C24H26FN7O/c1-13-10-31(11-14(2)28-13)20-6-5-18(21-22(20)27-8-7-26-21)24(33)30-17-9-19(25)23-29-15(3)16(4)32(23)12-17/h5-9,12-14,28H,10-11H2,1-4H3,(H,30,33)/t13-,14-/m1/s1. The van der Waals surface area contributed by atoms with Crippen molar-refractivity contribution in [2.45, 2.75) is 39.8 Å². The number of benzene rings is 1. The first-order valence-electron chi connectivity index (χ1n) is 11.0. The van der Waals surface area contributed by atoms with E-state index in [9.17, 15) is 9.18 Å². The van der Waals surface area contributed by atoms with E-state index in [2.05, 4.69) is 44.3 Å². The number of anilines is 2. The molecule has 0 spiro atoms. The van der Waals surface area contributed by atoms with Crippen molar-refractivity contribution in [3.05, 3.63) is 59.6 Å². The molecule has 1 aromatic carbocycles. The maximum atomic E-state index is 14.6. The Hall–Kier alpha value is -3.59. The molecule has 0 aliphatic carbocycles. The average Bonchev–Trinajstić information content (AvgIpc) is 3.06. The molecule has 0 radical (unpaired) electrons. The Morgan fingerprint density at radius 3 is 2.55 bits per heavy atom. The molecule has 3 aromatic heterocycles. The predicted molar refractivity (Wildman–Crippen MR) is 126 cm³/mol. The molecule has 1 amide bonds. The molecule has 2 N–H and O–H groups in total. The van der Waals surface area contributed by atoms with Crippen LogP contribution in [0.3, 0.4) is 0 Å². The minimum absolute atomic E-state index is 0.239. The number of halogens is 1. The van der Waals surface area contributed by atoms with E-state index in [0.29, 0.717) is 34.4 Å². The second-order valence-corrected chi connectivity index (χ2v) is 8.77. The van der Waals surface area contributed by atoms with Gasteiger partial charge in [0.1, 0.15) is 11.0 Å². The van der Waals surface area contributed by atoms with E-state index >= 15 is 0 Å². The van der Waals surface area contributed by atoms with Crippen LogP contribution in [0.4, 0.5) is 15.8 Å². The Labute approximate surface area is 190 Å². The molecule has 33 heavy (non-hydrogen) atoms. The Kier molecular flexibility index (Phi) is 5.20. The molecule has 2 atom stereocenters. The van der Waals surface area contributed by atoms with Crippen molar-refractivity contribution >= 4 is 34.0 Å². The third-order valence-electron chi connectivity index (χ3n) is 6.16. The summed E-state index contributed by atoms with van der Waals surface area (Å²) in [5, 5.41) is 6.34. The first-order chi connectivity index (χ1) is 15.8. The average molecular weight is 448 g/mol. The van der Waals surface area contributed by atoms with Gasteiger partial charge in [-0.2, -0.15) is 0 Å². The van der Waals surface area contributed by atoms with E-state index in [0.717, 1.165) is 30.2 Å². The van der Waals surface area contributed by atoms with Crippen molar-refractivity contribution in [1.29, 1.82) is 0 Å². The highest BCUT2D eigenvalue weighted by Gasteiger charge is 2.24. The number of amides is 1. The first kappa shape index (κ1) is 21.3. The topological polar surface area (TPSA) is 87.5 Å². The predicted octanol–water partition coefficient (Wildman–Crippen LogP) is 3.47. The Morgan fingerprint density at radius 2 is 1.82 bits per heavy atom. The number of nitrogens with zero attached hydrogens (tertiary/aromatic N) is 5. The lowest BCUT2D eigenvalue weighted by Crippen LogP contribution is -2.54. The number of nitrogens with one attached hydrogen (secondary N) is 2. The van der Waals surface area contributed by atoms with E-state index in [4.69, 9.17) is 0 Å². The fourth-order valence-electron chi connectivity index (χ4n) is 4.60. The van der Waals surface area contributed by atoms with Crippen LogP contribution in [-0.2, 0) is 0 Å². The molecule has 1 aliphatic rings. The number of imidazole rings is 1. The molecular weight excluding hydrogens is 421 g/mol. The van der Waals surface area contributed by atoms with Gasteiger partial charge in [0.05, 0.1) is 22.6 Å². The van der Waals surface area contributed by atoms with Gasteiger partial charge in [0.25, 0.3) is 5.91 Å². The third-order valence-corrected chi connectivity index (χ3v) is 6.16. The van der Waals surface area contributed by atoms with E-state index in [1.54, 1.807) is 29.1 Å². The second kappa shape index (κ2) is 8.08. The number of hydrogen-bond acceptors (Lipinski definition) is 6. The number of fused-ring (bicyclic) bond motifs is 2. The quantitative estimate of drug-likeness (QED) is 0.500. The normalized spacial score (nSPS) is 18.8. The highest BCUT2D eigenvalue weighted by molar-refractivity contribution is 6.13. The van der Waals surface area contributed by atoms with E-state index in [-0.39, 0.29) is 11.6 Å². The molecule has 0 saturated carbocycles. The number of pyridine rings is 1. The molecule has 4 heterocycles. The van der Waals surface area contributed by atoms with Crippen molar-refractivity contribution in [3.8, 4) is 0 Å². The Balaban J connectivity index is 1.51. The van der Waals surface area contributed by atoms with Crippen molar-refractivity contribution in [2.75, 3.05) is 23.3 Å². The van der Waals surface area contributed by atoms with Gasteiger partial charge in [0.2, 0.25) is 0 Å². The zero-order valence-corrected chi connectivity index (χ0v) is 19.1. The molecule has 1 fully saturated rings. The lowest BCUT2D eigenvalue weighted by Gasteiger charge is -2.38. The lowest BCUT2D eigenvalue weighted by molar-refractivity contribution is 0.102. The number of aromatic nitrogens is 4. The molecule has 1 saturated heterocycles. The van der Waals surface area contributed by atoms with Gasteiger partial charge >= 0.3 is 0 Å². The highest BCUT2D eigenvalue weighted by Crippen LogP contribution is 2.29. The number of carbonyl (C=O) groups is 1. The van der Waals surface area contributed by atoms with Gasteiger partial charge < -0.3 is 15.5 Å². The van der Waals surface area contributed by atoms with E-state index < -0.39 is 5.82 Å². The van der Waals surface area contributed by atoms with Crippen molar-refractivity contribution in [2.24, 2.45) is 0 Å². The number of rotatable bonds is 3. The summed E-state index contributed by atoms with van der Waals surface area (Å²) < 4.78 is 16.2. The van der Waals surface area contributed by atoms with Gasteiger partial charge in [0.15, 0.2) is 11.5 Å². The zero-order chi connectivity index (χ0) is 23.3. The number of piperazine rings is 1. The molecule has 8 nitrogen and oxygen atoms in total. The van der Waals surface area contributed by atoms with Crippen molar-refractivity contribution in [3.63, 3.8) is 0 Å². The summed E-state index contributed by atoms with van der Waals surface area (Å²) in [7, 11) is 0. The summed E-state index contributed by atoms with van der Waals surface area (Å²) in [6.07, 6.45) is 4.89. The minimum atomic E-state index is -0.494. The van der Waals surface area contributed by atoms with Crippen LogP contribution in [0.25, 0.3) is 16.7 Å². The first-order valence-corrected chi connectivity index (χ1v) is 11.0. The van der Waals surface area contributed by atoms with Crippen LogP contribution in [0.15, 0.2) is 36.8 Å². The van der Waals surface area contributed by atoms with Crippen LogP contribution in [0.2, 0.25) is 0 Å². The molecule has 1 aliphatic heterocycles. The summed E-state index contributed by atoms with van der Waals surface area (Å²) in [6.45, 7) is 9.66. The molecule has 9 heteroatoms. The minimum Gasteiger partial charge on any atom is -0.367 e. The Morgan fingerprint density at radius 1 is 1.12 bits per heavy atom.